The maximum atomic E-state index is 3.68. The molecule has 1 aromatic carbocycles. The van der Waals surface area contributed by atoms with Crippen molar-refractivity contribution in [1.29, 1.82) is 0 Å². The first-order valence-electron chi connectivity index (χ1n) is 4.66. The van der Waals surface area contributed by atoms with Crippen molar-refractivity contribution in [1.82, 2.24) is 0 Å². The minimum atomic E-state index is 0.992. The van der Waals surface area contributed by atoms with Gasteiger partial charge in [0.15, 0.2) is 0 Å². The average Bonchev–Trinajstić information content (AvgIpc) is 2.10. The van der Waals surface area contributed by atoms with Gasteiger partial charge in [0.1, 0.15) is 0 Å². The van der Waals surface area contributed by atoms with Crippen molar-refractivity contribution in [3.8, 4) is 0 Å². The summed E-state index contributed by atoms with van der Waals surface area (Å²) in [7, 11) is 0. The molecule has 0 atom stereocenters. The molecule has 0 aliphatic carbocycles. The first-order valence-corrected chi connectivity index (χ1v) is 4.66. The molecule has 0 saturated heterocycles. The van der Waals surface area contributed by atoms with E-state index in [1.807, 2.05) is 6.08 Å². The molecule has 0 unspecified atom stereocenters. The molecule has 0 nitrogen and oxygen atoms in total. The third-order valence-electron chi connectivity index (χ3n) is 2.51. The smallest absolute Gasteiger partial charge is 0.00973 e. The van der Waals surface area contributed by atoms with Crippen molar-refractivity contribution in [3.63, 3.8) is 0 Å². The zero-order valence-electron chi connectivity index (χ0n) is 8.72. The number of rotatable bonds is 2. The van der Waals surface area contributed by atoms with Gasteiger partial charge in [0.2, 0.25) is 0 Å². The number of hydrogen-bond acceptors (Lipinski definition) is 0. The van der Waals surface area contributed by atoms with Crippen molar-refractivity contribution in [2.75, 3.05) is 0 Å². The summed E-state index contributed by atoms with van der Waals surface area (Å²) >= 11 is 0. The summed E-state index contributed by atoms with van der Waals surface area (Å²) in [5.74, 6) is 0. The predicted octanol–water partition coefficient (Wildman–Crippen LogP) is 3.54. The van der Waals surface area contributed by atoms with Crippen molar-refractivity contribution in [3.05, 3.63) is 53.5 Å². The fraction of sp³-hybridized carbons (Fsp3) is 0.308. The van der Waals surface area contributed by atoms with E-state index in [0.717, 1.165) is 6.42 Å². The van der Waals surface area contributed by atoms with Crippen LogP contribution in [0.3, 0.4) is 0 Å². The third kappa shape index (κ3) is 2.45. The Balaban J connectivity index is 2.99. The summed E-state index contributed by atoms with van der Waals surface area (Å²) in [4.78, 5) is 0. The Morgan fingerprint density at radius 2 is 1.69 bits per heavy atom. The van der Waals surface area contributed by atoms with E-state index in [4.69, 9.17) is 0 Å². The fourth-order valence-electron chi connectivity index (χ4n) is 1.46. The minimum absolute atomic E-state index is 0.992. The highest BCUT2D eigenvalue weighted by molar-refractivity contribution is 5.37. The van der Waals surface area contributed by atoms with E-state index in [1.165, 1.54) is 22.3 Å². The largest absolute Gasteiger partial charge is 0.0879 e. The van der Waals surface area contributed by atoms with E-state index < -0.39 is 0 Å². The average molecular weight is 173 g/mol. The molecular weight excluding hydrogens is 156 g/mol. The first-order chi connectivity index (χ1) is 6.15. The zero-order chi connectivity index (χ0) is 9.84. The SMILES string of the molecule is [CH2]C=CCc1cc(C)c(C)c(C)c1. The van der Waals surface area contributed by atoms with Gasteiger partial charge in [0.25, 0.3) is 0 Å². The van der Waals surface area contributed by atoms with Gasteiger partial charge >= 0.3 is 0 Å². The molecule has 13 heavy (non-hydrogen) atoms. The van der Waals surface area contributed by atoms with Crippen LogP contribution in [0.5, 0.6) is 0 Å². The zero-order valence-corrected chi connectivity index (χ0v) is 8.72. The van der Waals surface area contributed by atoms with Gasteiger partial charge in [0, 0.05) is 0 Å². The topological polar surface area (TPSA) is 0 Å². The maximum Gasteiger partial charge on any atom is -0.00973 e. The van der Waals surface area contributed by atoms with Crippen LogP contribution in [-0.2, 0) is 6.42 Å². The molecule has 0 aromatic heterocycles. The molecule has 69 valence electrons. The summed E-state index contributed by atoms with van der Waals surface area (Å²) in [6.45, 7) is 10.2. The lowest BCUT2D eigenvalue weighted by Crippen LogP contribution is -1.90. The molecule has 1 rings (SSSR count). The second-order valence-corrected chi connectivity index (χ2v) is 3.53. The Hall–Kier alpha value is -1.04. The van der Waals surface area contributed by atoms with E-state index in [2.05, 4.69) is 45.9 Å². The van der Waals surface area contributed by atoms with Crippen molar-refractivity contribution in [2.45, 2.75) is 27.2 Å². The van der Waals surface area contributed by atoms with Crippen LogP contribution in [0, 0.1) is 27.7 Å². The molecule has 0 amide bonds. The molecule has 0 heterocycles. The van der Waals surface area contributed by atoms with Crippen LogP contribution >= 0.6 is 0 Å². The Morgan fingerprint density at radius 1 is 1.15 bits per heavy atom. The van der Waals surface area contributed by atoms with Crippen molar-refractivity contribution < 1.29 is 0 Å². The second kappa shape index (κ2) is 4.27. The highest BCUT2D eigenvalue weighted by Gasteiger charge is 1.98. The van der Waals surface area contributed by atoms with Crippen LogP contribution in [0.25, 0.3) is 0 Å². The van der Waals surface area contributed by atoms with Crippen LogP contribution in [-0.4, -0.2) is 0 Å². The molecule has 0 aliphatic rings. The van der Waals surface area contributed by atoms with Gasteiger partial charge in [0.05, 0.1) is 0 Å². The van der Waals surface area contributed by atoms with Crippen molar-refractivity contribution >= 4 is 0 Å². The van der Waals surface area contributed by atoms with Gasteiger partial charge in [-0.3, -0.25) is 0 Å². The van der Waals surface area contributed by atoms with Crippen LogP contribution in [0.1, 0.15) is 22.3 Å². The lowest BCUT2D eigenvalue weighted by atomic mass is 9.99. The monoisotopic (exact) mass is 173 g/mol. The highest BCUT2D eigenvalue weighted by Crippen LogP contribution is 2.15. The third-order valence-corrected chi connectivity index (χ3v) is 2.51. The number of aryl methyl sites for hydroxylation is 2. The summed E-state index contributed by atoms with van der Waals surface area (Å²) < 4.78 is 0. The molecular formula is C13H17. The molecule has 0 aliphatic heterocycles. The Labute approximate surface area is 81.3 Å². The van der Waals surface area contributed by atoms with E-state index in [-0.39, 0.29) is 0 Å². The van der Waals surface area contributed by atoms with Crippen molar-refractivity contribution in [2.24, 2.45) is 0 Å². The maximum absolute atomic E-state index is 3.68. The van der Waals surface area contributed by atoms with Gasteiger partial charge < -0.3 is 0 Å². The Kier molecular flexibility index (Phi) is 3.30. The Morgan fingerprint density at radius 3 is 2.15 bits per heavy atom. The summed E-state index contributed by atoms with van der Waals surface area (Å²) in [5.41, 5.74) is 5.54. The first kappa shape index (κ1) is 10.0. The predicted molar refractivity (Wildman–Crippen MR) is 58.9 cm³/mol. The fourth-order valence-corrected chi connectivity index (χ4v) is 1.46. The van der Waals surface area contributed by atoms with Crippen LogP contribution in [0.4, 0.5) is 0 Å². The molecule has 0 saturated carbocycles. The normalized spacial score (nSPS) is 11.1. The van der Waals surface area contributed by atoms with Gasteiger partial charge in [-0.05, 0) is 56.4 Å². The van der Waals surface area contributed by atoms with Gasteiger partial charge in [-0.25, -0.2) is 0 Å². The molecule has 0 N–H and O–H groups in total. The van der Waals surface area contributed by atoms with Crippen LogP contribution in [0.15, 0.2) is 24.3 Å². The van der Waals surface area contributed by atoms with Crippen LogP contribution < -0.4 is 0 Å². The summed E-state index contributed by atoms with van der Waals surface area (Å²) in [5, 5.41) is 0. The lowest BCUT2D eigenvalue weighted by Gasteiger charge is -2.07. The number of benzene rings is 1. The minimum Gasteiger partial charge on any atom is -0.0879 e. The molecule has 1 aromatic rings. The van der Waals surface area contributed by atoms with E-state index in [0.29, 0.717) is 0 Å². The molecule has 0 spiro atoms. The standard InChI is InChI=1S/C13H17/c1-5-6-7-13-8-10(2)12(4)11(3)9-13/h5-6,8-9H,1,7H2,2-4H3. The molecule has 0 fully saturated rings. The van der Waals surface area contributed by atoms with Gasteiger partial charge in [-0.1, -0.05) is 24.3 Å². The molecule has 1 radical (unpaired) electrons. The van der Waals surface area contributed by atoms with Crippen LogP contribution in [0.2, 0.25) is 0 Å². The Bertz CT molecular complexity index is 296. The summed E-state index contributed by atoms with van der Waals surface area (Å²) in [6.07, 6.45) is 4.93. The summed E-state index contributed by atoms with van der Waals surface area (Å²) in [6, 6.07) is 4.50. The quantitative estimate of drug-likeness (QED) is 0.641. The van der Waals surface area contributed by atoms with E-state index in [9.17, 15) is 0 Å². The van der Waals surface area contributed by atoms with E-state index in [1.54, 1.807) is 0 Å². The van der Waals surface area contributed by atoms with Gasteiger partial charge in [-0.2, -0.15) is 0 Å². The number of hydrogen-bond donors (Lipinski definition) is 0. The molecule has 0 bridgehead atoms. The number of allylic oxidation sites excluding steroid dienone is 2. The van der Waals surface area contributed by atoms with E-state index >= 15 is 0 Å². The van der Waals surface area contributed by atoms with Gasteiger partial charge in [-0.15, -0.1) is 0 Å². The highest BCUT2D eigenvalue weighted by atomic mass is 14.0. The molecule has 0 heteroatoms. The second-order valence-electron chi connectivity index (χ2n) is 3.53. The lowest BCUT2D eigenvalue weighted by molar-refractivity contribution is 1.18.